The summed E-state index contributed by atoms with van der Waals surface area (Å²) in [6, 6.07) is 18.6. The van der Waals surface area contributed by atoms with Crippen LogP contribution in [-0.2, 0) is 63.8 Å². The number of fused-ring (bicyclic) bond motifs is 15. The summed E-state index contributed by atoms with van der Waals surface area (Å²) in [5.41, 5.74) is 16.2. The van der Waals surface area contributed by atoms with Crippen LogP contribution in [0.15, 0.2) is 133 Å². The molecule has 0 aliphatic carbocycles. The highest BCUT2D eigenvalue weighted by Gasteiger charge is 2.53. The van der Waals surface area contributed by atoms with E-state index >= 15 is 19.2 Å². The molecule has 0 saturated carbocycles. The van der Waals surface area contributed by atoms with Crippen LogP contribution >= 0.6 is 23.2 Å². The van der Waals surface area contributed by atoms with Crippen molar-refractivity contribution in [2.75, 3.05) is 6.61 Å². The van der Waals surface area contributed by atoms with E-state index < -0.39 is 243 Å². The topological polar surface area (TPSA) is 546 Å². The number of phenolic OH excluding ortho intramolecular Hbond substituents is 3. The first kappa shape index (κ1) is 82.6. The lowest BCUT2D eigenvalue weighted by Crippen LogP contribution is -2.65. The van der Waals surface area contributed by atoms with Crippen molar-refractivity contribution < 1.29 is 123 Å². The van der Waals surface area contributed by atoms with Crippen molar-refractivity contribution in [2.45, 2.75) is 181 Å². The number of phenols is 3. The first-order chi connectivity index (χ1) is 54.6. The monoisotopic (exact) mass is 1630 g/mol. The van der Waals surface area contributed by atoms with Gasteiger partial charge in [-0.1, -0.05) is 96.0 Å². The number of benzene rings is 7. The van der Waals surface area contributed by atoms with E-state index in [4.69, 9.17) is 78.3 Å². The van der Waals surface area contributed by atoms with E-state index in [1.165, 1.54) is 44.2 Å². The number of hydrogen-bond acceptors (Lipinski definition) is 27. The standard InChI is InChI=1S/C79H85Cl2N9O25/c1-32-69(99)78(3,84)28-55(108-32)113-66-39-16-19-50(45(81)22-39)111-52-24-40-23-51(67(52)115-77-68(65(98)64(97)53(31-91)112-77)114-56-29-79(4,70(100)33(2)109-56)85-30-34-10-12-36(13-11-34)35-8-6-5-7-9-35)110-49-18-15-38(21-44(49)80)63(96)58(83)72(102)86-46(27-54(82)95)71(101)87-60(40)74(104)88-59-37-14-17-47(93)42(20-37)57-43(25-41(92)26-48(57)94)61(76(106)107)89-75(105)62(66)90-73(59)103/h5-26,32-33,46,53,55-56,58-66,68-70,77,85,91-94,96-100H,27-31,83-84H2,1-4H3,(H2,82,95)(H,86,102)(H,87,101)(H,88,104)(H,89,105)(H,90,103)(H,106,107)/t32-,33-,46-,53+,55+,56-,58+,59+,60+,61-,62-,63+,64+,65-,66+,68+,69-,70-,77-,78-,79-/m0/s1. The number of aromatic hydroxyl groups is 3. The van der Waals surface area contributed by atoms with Gasteiger partial charge < -0.3 is 138 Å². The number of aliphatic carboxylic acids is 1. The van der Waals surface area contributed by atoms with Crippen molar-refractivity contribution in [3.8, 4) is 68.2 Å². The number of carbonyl (C=O) groups excluding carboxylic acids is 6. The Morgan fingerprint density at radius 2 is 1.22 bits per heavy atom. The van der Waals surface area contributed by atoms with Crippen molar-refractivity contribution in [3.63, 3.8) is 0 Å². The van der Waals surface area contributed by atoms with Gasteiger partial charge in [0.25, 0.3) is 0 Å². The minimum absolute atomic E-state index is 0.104. The van der Waals surface area contributed by atoms with Crippen LogP contribution < -0.4 is 63.3 Å². The van der Waals surface area contributed by atoms with E-state index in [1.54, 1.807) is 13.8 Å². The second kappa shape index (κ2) is 33.5. The number of carbonyl (C=O) groups is 7. The molecule has 0 radical (unpaired) electrons. The number of rotatable bonds is 14. The number of carboxylic acid groups (broad SMARTS) is 1. The number of carboxylic acids is 1. The third-order valence-electron chi connectivity index (χ3n) is 21.2. The SMILES string of the molecule is C[C@@H]1O[C@H](O[C@@H]2c3ccc(c(Cl)c3)Oc3cc4cc(c3O[C@@H]3O[C@H](CO)[C@@H](O)[C@H](O)[C@H]3O[C@H]3C[C@](C)(NCc5ccc(-c6ccccc6)cc5)[C@@H](O)[C@H](C)O3)Oc3ccc(cc3Cl)[C@@H](O)[C@@H](N)C(=O)N[C@@H](CC(N)=O)C(=O)N[C@H]4C(=O)N[C@H]3C(=O)N[C@@H]2C(=O)N[C@H](C(=O)O)c2cc(O)cc(O)c2-c2cc3ccc2O)C[C@](C)(N)[C@H]1O. The van der Waals surface area contributed by atoms with Crippen LogP contribution in [0.1, 0.15) is 111 Å². The molecule has 21 atom stereocenters. The molecular weight excluding hydrogens is 1550 g/mol. The summed E-state index contributed by atoms with van der Waals surface area (Å²) in [7, 11) is 0. The number of halogens is 2. The molecule has 3 saturated heterocycles. The zero-order valence-corrected chi connectivity index (χ0v) is 63.3. The maximum Gasteiger partial charge on any atom is 0.330 e. The molecule has 0 spiro atoms. The quantitative estimate of drug-likeness (QED) is 0.0744. The average Bonchev–Trinajstić information content (AvgIpc) is 0.764. The Bertz CT molecular complexity index is 4900. The third kappa shape index (κ3) is 17.3. The van der Waals surface area contributed by atoms with Crippen LogP contribution in [0.25, 0.3) is 22.3 Å². The lowest BCUT2D eigenvalue weighted by atomic mass is 9.84. The van der Waals surface area contributed by atoms with Gasteiger partial charge in [-0.15, -0.1) is 0 Å². The Morgan fingerprint density at radius 1 is 0.617 bits per heavy atom. The zero-order chi connectivity index (χ0) is 82.5. The third-order valence-corrected chi connectivity index (χ3v) is 21.8. The number of primary amides is 1. The summed E-state index contributed by atoms with van der Waals surface area (Å²) in [4.78, 5) is 104. The molecule has 115 heavy (non-hydrogen) atoms. The molecule has 7 aromatic carbocycles. The van der Waals surface area contributed by atoms with E-state index in [9.17, 15) is 65.4 Å². The molecule has 36 heteroatoms. The second-order valence-electron chi connectivity index (χ2n) is 29.6. The highest BCUT2D eigenvalue weighted by Crippen LogP contribution is 2.51. The maximum atomic E-state index is 16.3. The van der Waals surface area contributed by atoms with E-state index in [0.29, 0.717) is 0 Å². The van der Waals surface area contributed by atoms with Gasteiger partial charge in [-0.3, -0.25) is 28.8 Å². The summed E-state index contributed by atoms with van der Waals surface area (Å²) >= 11 is 14.4. The van der Waals surface area contributed by atoms with Crippen LogP contribution in [0.3, 0.4) is 0 Å². The summed E-state index contributed by atoms with van der Waals surface area (Å²) in [5.74, 6) is -14.7. The molecule has 11 bridgehead atoms. The van der Waals surface area contributed by atoms with Crippen LogP contribution in [0.2, 0.25) is 10.0 Å². The molecule has 0 unspecified atom stereocenters. The fraction of sp³-hybridized carbons (Fsp3) is 0.380. The fourth-order valence-corrected chi connectivity index (χ4v) is 15.4. The van der Waals surface area contributed by atoms with E-state index in [1.807, 2.05) is 54.6 Å². The van der Waals surface area contributed by atoms with E-state index in [0.717, 1.165) is 65.2 Å². The number of aliphatic hydroxyl groups excluding tert-OH is 6. The Kier molecular flexibility index (Phi) is 24.0. The smallest absolute Gasteiger partial charge is 0.330 e. The van der Waals surface area contributed by atoms with Gasteiger partial charge in [0.1, 0.15) is 89.5 Å². The molecule has 8 aliphatic heterocycles. The van der Waals surface area contributed by atoms with Crippen molar-refractivity contribution in [1.82, 2.24) is 31.9 Å². The van der Waals surface area contributed by atoms with Crippen molar-refractivity contribution >= 4 is 64.6 Å². The Hall–Kier alpha value is -10.4. The number of nitrogens with one attached hydrogen (secondary N) is 6. The number of nitrogens with two attached hydrogens (primary N) is 3. The molecular formula is C79H85Cl2N9O25. The van der Waals surface area contributed by atoms with Crippen molar-refractivity contribution in [2.24, 2.45) is 17.2 Å². The number of amides is 6. The molecule has 8 aliphatic rings. The highest BCUT2D eigenvalue weighted by molar-refractivity contribution is 6.32. The van der Waals surface area contributed by atoms with Gasteiger partial charge in [0.15, 0.2) is 36.2 Å². The molecule has 0 aromatic heterocycles. The number of aliphatic hydroxyl groups is 6. The minimum Gasteiger partial charge on any atom is -0.508 e. The molecule has 34 nitrogen and oxygen atoms in total. The maximum absolute atomic E-state index is 16.3. The van der Waals surface area contributed by atoms with Gasteiger partial charge >= 0.3 is 5.97 Å². The summed E-state index contributed by atoms with van der Waals surface area (Å²) in [6.07, 6.45) is -22.5. The van der Waals surface area contributed by atoms with Crippen LogP contribution in [-0.4, -0.2) is 196 Å². The Balaban J connectivity index is 1.01. The van der Waals surface area contributed by atoms with Crippen LogP contribution in [0, 0.1) is 0 Å². The van der Waals surface area contributed by atoms with Crippen LogP contribution in [0.5, 0.6) is 46.0 Å². The van der Waals surface area contributed by atoms with E-state index in [-0.39, 0.29) is 52.6 Å². The first-order valence-electron chi connectivity index (χ1n) is 36.5. The zero-order valence-electron chi connectivity index (χ0n) is 61.8. The first-order valence-corrected chi connectivity index (χ1v) is 37.3. The number of hydrogen-bond donors (Lipinski definition) is 19. The molecule has 22 N–H and O–H groups in total. The average molecular weight is 1630 g/mol. The normalized spacial score (nSPS) is 31.0. The Morgan fingerprint density at radius 3 is 1.85 bits per heavy atom. The van der Waals surface area contributed by atoms with Crippen molar-refractivity contribution in [1.29, 1.82) is 0 Å². The Labute approximate surface area is 665 Å². The van der Waals surface area contributed by atoms with Crippen molar-refractivity contribution in [3.05, 3.63) is 177 Å². The lowest BCUT2D eigenvalue weighted by Gasteiger charge is -2.48. The largest absolute Gasteiger partial charge is 0.508 e. The second-order valence-corrected chi connectivity index (χ2v) is 30.5. The van der Waals surface area contributed by atoms with Gasteiger partial charge in [0, 0.05) is 53.2 Å². The molecule has 610 valence electrons. The molecule has 6 amide bonds. The summed E-state index contributed by atoms with van der Waals surface area (Å²) in [6.45, 7) is 5.52. The molecule has 15 rings (SSSR count). The van der Waals surface area contributed by atoms with Gasteiger partial charge in [-0.05, 0) is 121 Å². The number of ether oxygens (including phenoxy) is 8. The van der Waals surface area contributed by atoms with Gasteiger partial charge in [0.05, 0.1) is 47.5 Å². The summed E-state index contributed by atoms with van der Waals surface area (Å²) < 4.78 is 52.5. The fourth-order valence-electron chi connectivity index (χ4n) is 14.9. The minimum atomic E-state index is -2.33. The lowest BCUT2D eigenvalue weighted by molar-refractivity contribution is -0.334. The molecule has 7 aromatic rings. The predicted octanol–water partition coefficient (Wildman–Crippen LogP) is 3.05. The summed E-state index contributed by atoms with van der Waals surface area (Å²) in [5, 5.41) is 130. The predicted molar refractivity (Wildman–Crippen MR) is 404 cm³/mol. The van der Waals surface area contributed by atoms with E-state index in [2.05, 4.69) is 31.9 Å². The van der Waals surface area contributed by atoms with Gasteiger partial charge in [-0.2, -0.15) is 0 Å². The molecule has 8 heterocycles. The van der Waals surface area contributed by atoms with Gasteiger partial charge in [-0.25, -0.2) is 4.79 Å². The highest BCUT2D eigenvalue weighted by atomic mass is 35.5. The molecule has 3 fully saturated rings. The van der Waals surface area contributed by atoms with Crippen LogP contribution in [0.4, 0.5) is 0 Å². The van der Waals surface area contributed by atoms with Gasteiger partial charge in [0.2, 0.25) is 47.5 Å².